The number of amides is 1. The van der Waals surface area contributed by atoms with Crippen LogP contribution in [0.15, 0.2) is 36.0 Å². The molecule has 1 aliphatic rings. The lowest BCUT2D eigenvalue weighted by Gasteiger charge is -2.15. The van der Waals surface area contributed by atoms with E-state index in [0.29, 0.717) is 12.0 Å². The minimum Gasteiger partial charge on any atom is -0.412 e. The molecule has 0 unspecified atom stereocenters. The first-order valence-corrected chi connectivity index (χ1v) is 4.10. The van der Waals surface area contributed by atoms with E-state index in [-0.39, 0.29) is 11.4 Å². The highest BCUT2D eigenvalue weighted by Gasteiger charge is 2.12. The van der Waals surface area contributed by atoms with E-state index in [0.717, 1.165) is 11.3 Å². The fraction of sp³-hybridized carbons (Fsp3) is 0.100. The molecular formula is C10H12N2O2. The number of carbonyl (C=O) groups excluding carboxylic acids is 1. The molecule has 1 aromatic carbocycles. The number of nitrogens with two attached hydrogens (primary N) is 1. The van der Waals surface area contributed by atoms with Crippen LogP contribution >= 0.6 is 0 Å². The van der Waals surface area contributed by atoms with Crippen molar-refractivity contribution < 1.29 is 10.3 Å². The molecule has 14 heavy (non-hydrogen) atoms. The maximum absolute atomic E-state index is 10.9. The van der Waals surface area contributed by atoms with E-state index < -0.39 is 0 Å². The lowest BCUT2D eigenvalue weighted by atomic mass is 10.0. The zero-order valence-corrected chi connectivity index (χ0v) is 7.58. The first kappa shape index (κ1) is 10.3. The van der Waals surface area contributed by atoms with Crippen LogP contribution in [0.1, 0.15) is 5.56 Å². The molecule has 1 amide bonds. The van der Waals surface area contributed by atoms with Gasteiger partial charge >= 0.3 is 0 Å². The highest BCUT2D eigenvalue weighted by Crippen LogP contribution is 2.22. The first-order chi connectivity index (χ1) is 6.27. The number of primary amides is 1. The van der Waals surface area contributed by atoms with Crippen LogP contribution in [0.4, 0.5) is 5.69 Å². The summed E-state index contributed by atoms with van der Waals surface area (Å²) in [5, 5.41) is 3.03. The van der Waals surface area contributed by atoms with Crippen molar-refractivity contribution in [3.05, 3.63) is 41.6 Å². The van der Waals surface area contributed by atoms with Gasteiger partial charge < -0.3 is 16.5 Å². The van der Waals surface area contributed by atoms with Crippen molar-refractivity contribution in [3.63, 3.8) is 0 Å². The Bertz CT molecular complexity index is 385. The van der Waals surface area contributed by atoms with E-state index in [1.54, 1.807) is 6.20 Å². The van der Waals surface area contributed by atoms with Crippen molar-refractivity contribution in [1.29, 1.82) is 0 Å². The Morgan fingerprint density at radius 1 is 1.36 bits per heavy atom. The standard InChI is InChI=1S/C10H10N2O.H2O/c11-10(13)8-5-7-3-1-2-4-9(7)12-6-8;/h1-4,6,12H,5H2,(H2,11,13);1H2. The summed E-state index contributed by atoms with van der Waals surface area (Å²) >= 11 is 0. The van der Waals surface area contributed by atoms with E-state index >= 15 is 0 Å². The summed E-state index contributed by atoms with van der Waals surface area (Å²) in [6, 6.07) is 7.86. The zero-order valence-electron chi connectivity index (χ0n) is 7.58. The van der Waals surface area contributed by atoms with Crippen molar-refractivity contribution in [3.8, 4) is 0 Å². The van der Waals surface area contributed by atoms with Gasteiger partial charge in [0.15, 0.2) is 0 Å². The second-order valence-corrected chi connectivity index (χ2v) is 3.01. The summed E-state index contributed by atoms with van der Waals surface area (Å²) < 4.78 is 0. The third kappa shape index (κ3) is 1.75. The number of hydrogen-bond acceptors (Lipinski definition) is 2. The molecule has 0 aromatic heterocycles. The second-order valence-electron chi connectivity index (χ2n) is 3.01. The van der Waals surface area contributed by atoms with Crippen LogP contribution in [0.3, 0.4) is 0 Å². The lowest BCUT2D eigenvalue weighted by molar-refractivity contribution is -0.114. The van der Waals surface area contributed by atoms with Gasteiger partial charge in [-0.2, -0.15) is 0 Å². The quantitative estimate of drug-likeness (QED) is 0.665. The topological polar surface area (TPSA) is 86.6 Å². The zero-order chi connectivity index (χ0) is 9.26. The number of rotatable bonds is 1. The number of fused-ring (bicyclic) bond motifs is 1. The van der Waals surface area contributed by atoms with E-state index in [1.165, 1.54) is 0 Å². The summed E-state index contributed by atoms with van der Waals surface area (Å²) in [6.45, 7) is 0. The van der Waals surface area contributed by atoms with Crippen LogP contribution in [0.5, 0.6) is 0 Å². The SMILES string of the molecule is NC(=O)C1=CNc2ccccc2C1.O. The normalized spacial score (nSPS) is 13.0. The number of hydrogen-bond donors (Lipinski definition) is 2. The lowest BCUT2D eigenvalue weighted by Crippen LogP contribution is -2.19. The first-order valence-electron chi connectivity index (χ1n) is 4.10. The van der Waals surface area contributed by atoms with E-state index in [1.807, 2.05) is 24.3 Å². The molecular weight excluding hydrogens is 180 g/mol. The van der Waals surface area contributed by atoms with Crippen LogP contribution in [0.2, 0.25) is 0 Å². The van der Waals surface area contributed by atoms with Crippen molar-refractivity contribution in [2.75, 3.05) is 5.32 Å². The fourth-order valence-electron chi connectivity index (χ4n) is 1.39. The van der Waals surface area contributed by atoms with Crippen molar-refractivity contribution >= 4 is 11.6 Å². The molecule has 4 heteroatoms. The van der Waals surface area contributed by atoms with Crippen LogP contribution in [0.25, 0.3) is 0 Å². The molecule has 0 radical (unpaired) electrons. The highest BCUT2D eigenvalue weighted by atomic mass is 16.1. The minimum atomic E-state index is -0.359. The molecule has 0 bridgehead atoms. The predicted molar refractivity (Wildman–Crippen MR) is 54.7 cm³/mol. The van der Waals surface area contributed by atoms with Crippen LogP contribution < -0.4 is 11.1 Å². The highest BCUT2D eigenvalue weighted by molar-refractivity contribution is 5.93. The summed E-state index contributed by atoms with van der Waals surface area (Å²) in [5.41, 5.74) is 7.96. The Morgan fingerprint density at radius 2 is 2.07 bits per heavy atom. The Hall–Kier alpha value is -1.81. The van der Waals surface area contributed by atoms with Crippen molar-refractivity contribution in [1.82, 2.24) is 0 Å². The predicted octanol–water partition coefficient (Wildman–Crippen LogP) is 0.199. The molecule has 0 aliphatic carbocycles. The molecule has 1 aliphatic heterocycles. The molecule has 4 nitrogen and oxygen atoms in total. The van der Waals surface area contributed by atoms with Gasteiger partial charge in [0.2, 0.25) is 5.91 Å². The van der Waals surface area contributed by atoms with Gasteiger partial charge in [-0.3, -0.25) is 4.79 Å². The molecule has 0 atom stereocenters. The average Bonchev–Trinajstić information content (AvgIpc) is 2.17. The van der Waals surface area contributed by atoms with Crippen LogP contribution in [0, 0.1) is 0 Å². The number of nitrogens with one attached hydrogen (secondary N) is 1. The molecule has 5 N–H and O–H groups in total. The summed E-state index contributed by atoms with van der Waals surface area (Å²) in [6.07, 6.45) is 2.29. The maximum Gasteiger partial charge on any atom is 0.246 e. The van der Waals surface area contributed by atoms with Gasteiger partial charge in [-0.1, -0.05) is 18.2 Å². The van der Waals surface area contributed by atoms with E-state index in [2.05, 4.69) is 5.32 Å². The average molecular weight is 192 g/mol. The van der Waals surface area contributed by atoms with Gasteiger partial charge in [0.05, 0.1) is 0 Å². The Balaban J connectivity index is 0.000000980. The Morgan fingerprint density at radius 3 is 2.79 bits per heavy atom. The van der Waals surface area contributed by atoms with Gasteiger partial charge in [0, 0.05) is 23.9 Å². The largest absolute Gasteiger partial charge is 0.412 e. The van der Waals surface area contributed by atoms with Crippen molar-refractivity contribution in [2.45, 2.75) is 6.42 Å². The number of para-hydroxylation sites is 1. The third-order valence-corrected chi connectivity index (χ3v) is 2.12. The molecule has 0 spiro atoms. The number of carbonyl (C=O) groups is 1. The molecule has 0 saturated carbocycles. The molecule has 0 fully saturated rings. The maximum atomic E-state index is 10.9. The van der Waals surface area contributed by atoms with Crippen LogP contribution in [-0.2, 0) is 11.2 Å². The molecule has 2 rings (SSSR count). The molecule has 1 aromatic rings. The molecule has 74 valence electrons. The third-order valence-electron chi connectivity index (χ3n) is 2.12. The van der Waals surface area contributed by atoms with Crippen LogP contribution in [-0.4, -0.2) is 11.4 Å². The van der Waals surface area contributed by atoms with E-state index in [9.17, 15) is 4.79 Å². The van der Waals surface area contributed by atoms with Gasteiger partial charge in [-0.05, 0) is 11.6 Å². The summed E-state index contributed by atoms with van der Waals surface area (Å²) in [5.74, 6) is -0.359. The van der Waals surface area contributed by atoms with Gasteiger partial charge in [-0.15, -0.1) is 0 Å². The number of anilines is 1. The summed E-state index contributed by atoms with van der Waals surface area (Å²) in [7, 11) is 0. The second kappa shape index (κ2) is 3.93. The Labute approximate surface area is 81.7 Å². The molecule has 0 saturated heterocycles. The minimum absolute atomic E-state index is 0. The monoisotopic (exact) mass is 192 g/mol. The molecule has 1 heterocycles. The fourth-order valence-corrected chi connectivity index (χ4v) is 1.39. The van der Waals surface area contributed by atoms with Gasteiger partial charge in [0.25, 0.3) is 0 Å². The van der Waals surface area contributed by atoms with Gasteiger partial charge in [-0.25, -0.2) is 0 Å². The smallest absolute Gasteiger partial charge is 0.246 e. The van der Waals surface area contributed by atoms with E-state index in [4.69, 9.17) is 5.73 Å². The van der Waals surface area contributed by atoms with Crippen molar-refractivity contribution in [2.24, 2.45) is 5.73 Å². The number of benzene rings is 1. The van der Waals surface area contributed by atoms with Gasteiger partial charge in [0.1, 0.15) is 0 Å². The summed E-state index contributed by atoms with van der Waals surface area (Å²) in [4.78, 5) is 10.9. The Kier molecular flexibility index (Phi) is 2.89.